The van der Waals surface area contributed by atoms with Crippen molar-refractivity contribution in [2.75, 3.05) is 5.32 Å². The number of rotatable bonds is 3. The van der Waals surface area contributed by atoms with Gasteiger partial charge in [0.2, 0.25) is 0 Å². The Morgan fingerprint density at radius 1 is 1.00 bits per heavy atom. The lowest BCUT2D eigenvalue weighted by atomic mass is 10.1. The van der Waals surface area contributed by atoms with Gasteiger partial charge in [-0.3, -0.25) is 0 Å². The summed E-state index contributed by atoms with van der Waals surface area (Å²) in [5.41, 5.74) is 3.27. The Morgan fingerprint density at radius 3 is 2.29 bits per heavy atom. The summed E-state index contributed by atoms with van der Waals surface area (Å²) in [7, 11) is 0. The van der Waals surface area contributed by atoms with E-state index in [0.29, 0.717) is 11.3 Å². The Morgan fingerprint density at radius 2 is 1.67 bits per heavy atom. The third-order valence-electron chi connectivity index (χ3n) is 2.92. The second-order valence-corrected chi connectivity index (χ2v) is 4.93. The Balaban J connectivity index is 1.94. The molecule has 0 aromatic heterocycles. The monoisotopic (exact) mass is 290 g/mol. The number of halogens is 2. The molecular weight excluding hydrogens is 274 g/mol. The van der Waals surface area contributed by atoms with Gasteiger partial charge >= 0.3 is 6.03 Å². The molecule has 0 radical (unpaired) electrons. The van der Waals surface area contributed by atoms with E-state index in [1.165, 1.54) is 6.07 Å². The molecular formula is C16H16F2N2O. The molecule has 0 atom stereocenters. The van der Waals surface area contributed by atoms with E-state index in [1.807, 2.05) is 32.0 Å². The van der Waals surface area contributed by atoms with Gasteiger partial charge in [-0.2, -0.15) is 0 Å². The molecule has 0 saturated carbocycles. The number of amides is 2. The molecule has 2 amide bonds. The summed E-state index contributed by atoms with van der Waals surface area (Å²) in [5.74, 6) is -1.83. The summed E-state index contributed by atoms with van der Waals surface area (Å²) in [6.45, 7) is 4.00. The lowest BCUT2D eigenvalue weighted by Gasteiger charge is -2.09. The third-order valence-corrected chi connectivity index (χ3v) is 2.92. The number of urea groups is 1. The van der Waals surface area contributed by atoms with Crippen LogP contribution in [-0.2, 0) is 6.54 Å². The van der Waals surface area contributed by atoms with Crippen LogP contribution in [0.3, 0.4) is 0 Å². The van der Waals surface area contributed by atoms with Gasteiger partial charge in [0, 0.05) is 12.2 Å². The first kappa shape index (κ1) is 15.0. The van der Waals surface area contributed by atoms with E-state index in [-0.39, 0.29) is 6.54 Å². The van der Waals surface area contributed by atoms with Crippen molar-refractivity contribution in [1.82, 2.24) is 5.32 Å². The standard InChI is InChI=1S/C16H16F2N2O/c1-10-5-11(2)7-13(6-10)20-16(21)19-9-12-3-4-14(17)15(18)8-12/h3-8H,9H2,1-2H3,(H2,19,20,21). The fourth-order valence-corrected chi connectivity index (χ4v) is 2.05. The largest absolute Gasteiger partial charge is 0.334 e. The SMILES string of the molecule is Cc1cc(C)cc(NC(=O)NCc2ccc(F)c(F)c2)c1. The molecule has 110 valence electrons. The molecule has 0 bridgehead atoms. The highest BCUT2D eigenvalue weighted by molar-refractivity contribution is 5.89. The van der Waals surface area contributed by atoms with Crippen LogP contribution in [0.1, 0.15) is 16.7 Å². The lowest BCUT2D eigenvalue weighted by molar-refractivity contribution is 0.251. The summed E-state index contributed by atoms with van der Waals surface area (Å²) >= 11 is 0. The fourth-order valence-electron chi connectivity index (χ4n) is 2.05. The van der Waals surface area contributed by atoms with E-state index in [0.717, 1.165) is 23.3 Å². The van der Waals surface area contributed by atoms with Crippen LogP contribution in [0, 0.1) is 25.5 Å². The number of nitrogens with one attached hydrogen (secondary N) is 2. The zero-order valence-corrected chi connectivity index (χ0v) is 11.8. The van der Waals surface area contributed by atoms with Gasteiger partial charge in [-0.05, 0) is 54.8 Å². The minimum atomic E-state index is -0.927. The van der Waals surface area contributed by atoms with Gasteiger partial charge in [0.1, 0.15) is 0 Å². The number of carbonyl (C=O) groups excluding carboxylic acids is 1. The molecule has 2 N–H and O–H groups in total. The zero-order valence-electron chi connectivity index (χ0n) is 11.8. The van der Waals surface area contributed by atoms with Crippen LogP contribution in [0.2, 0.25) is 0 Å². The molecule has 2 aromatic carbocycles. The molecule has 3 nitrogen and oxygen atoms in total. The number of hydrogen-bond donors (Lipinski definition) is 2. The molecule has 0 aliphatic rings. The molecule has 21 heavy (non-hydrogen) atoms. The predicted molar refractivity (Wildman–Crippen MR) is 78.1 cm³/mol. The molecule has 0 fully saturated rings. The van der Waals surface area contributed by atoms with Crippen molar-refractivity contribution in [3.63, 3.8) is 0 Å². The summed E-state index contributed by atoms with van der Waals surface area (Å²) in [4.78, 5) is 11.8. The number of hydrogen-bond acceptors (Lipinski definition) is 1. The maximum Gasteiger partial charge on any atom is 0.319 e. The lowest BCUT2D eigenvalue weighted by Crippen LogP contribution is -2.28. The van der Waals surface area contributed by atoms with Gasteiger partial charge < -0.3 is 10.6 Å². The predicted octanol–water partition coefficient (Wildman–Crippen LogP) is 3.90. The van der Waals surface area contributed by atoms with Crippen molar-refractivity contribution in [1.29, 1.82) is 0 Å². The van der Waals surface area contributed by atoms with Crippen molar-refractivity contribution >= 4 is 11.7 Å². The second kappa shape index (κ2) is 6.35. The van der Waals surface area contributed by atoms with Crippen LogP contribution in [-0.4, -0.2) is 6.03 Å². The maximum absolute atomic E-state index is 13.0. The molecule has 0 spiro atoms. The molecule has 0 aliphatic heterocycles. The quantitative estimate of drug-likeness (QED) is 0.884. The van der Waals surface area contributed by atoms with Gasteiger partial charge in [-0.15, -0.1) is 0 Å². The van der Waals surface area contributed by atoms with Gasteiger partial charge in [0.25, 0.3) is 0 Å². The van der Waals surface area contributed by atoms with Crippen LogP contribution in [0.4, 0.5) is 19.3 Å². The summed E-state index contributed by atoms with van der Waals surface area (Å²) in [6, 6.07) is 8.83. The molecule has 0 unspecified atom stereocenters. The number of benzene rings is 2. The third kappa shape index (κ3) is 4.27. The number of aryl methyl sites for hydroxylation is 2. The second-order valence-electron chi connectivity index (χ2n) is 4.93. The number of anilines is 1. The average Bonchev–Trinajstić information content (AvgIpc) is 2.39. The van der Waals surface area contributed by atoms with E-state index in [4.69, 9.17) is 0 Å². The van der Waals surface area contributed by atoms with Crippen LogP contribution >= 0.6 is 0 Å². The molecule has 0 heterocycles. The summed E-state index contributed by atoms with van der Waals surface area (Å²) < 4.78 is 25.8. The van der Waals surface area contributed by atoms with Gasteiger partial charge in [-0.25, -0.2) is 13.6 Å². The molecule has 2 aromatic rings. The molecule has 2 rings (SSSR count). The van der Waals surface area contributed by atoms with E-state index in [1.54, 1.807) is 0 Å². The van der Waals surface area contributed by atoms with E-state index < -0.39 is 17.7 Å². The van der Waals surface area contributed by atoms with Crippen molar-refractivity contribution < 1.29 is 13.6 Å². The molecule has 0 saturated heterocycles. The minimum Gasteiger partial charge on any atom is -0.334 e. The van der Waals surface area contributed by atoms with E-state index >= 15 is 0 Å². The van der Waals surface area contributed by atoms with Crippen LogP contribution in [0.5, 0.6) is 0 Å². The average molecular weight is 290 g/mol. The van der Waals surface area contributed by atoms with Crippen molar-refractivity contribution in [2.45, 2.75) is 20.4 Å². The highest BCUT2D eigenvalue weighted by Crippen LogP contribution is 2.13. The van der Waals surface area contributed by atoms with Gasteiger partial charge in [0.05, 0.1) is 0 Å². The summed E-state index contributed by atoms with van der Waals surface area (Å²) in [6.07, 6.45) is 0. The Hall–Kier alpha value is -2.43. The Labute approximate surface area is 122 Å². The van der Waals surface area contributed by atoms with Crippen LogP contribution < -0.4 is 10.6 Å². The van der Waals surface area contributed by atoms with Crippen LogP contribution in [0.15, 0.2) is 36.4 Å². The molecule has 0 aliphatic carbocycles. The summed E-state index contributed by atoms with van der Waals surface area (Å²) in [5, 5.41) is 5.30. The minimum absolute atomic E-state index is 0.119. The van der Waals surface area contributed by atoms with Crippen LogP contribution in [0.25, 0.3) is 0 Å². The first-order chi connectivity index (χ1) is 9.94. The highest BCUT2D eigenvalue weighted by atomic mass is 19.2. The Bertz CT molecular complexity index is 651. The Kier molecular flexibility index (Phi) is 4.52. The maximum atomic E-state index is 13.0. The van der Waals surface area contributed by atoms with Gasteiger partial charge in [-0.1, -0.05) is 12.1 Å². The molecule has 5 heteroatoms. The first-order valence-electron chi connectivity index (χ1n) is 6.51. The first-order valence-corrected chi connectivity index (χ1v) is 6.51. The van der Waals surface area contributed by atoms with E-state index in [9.17, 15) is 13.6 Å². The smallest absolute Gasteiger partial charge is 0.319 e. The zero-order chi connectivity index (χ0) is 15.4. The van der Waals surface area contributed by atoms with E-state index in [2.05, 4.69) is 10.6 Å². The van der Waals surface area contributed by atoms with Crippen molar-refractivity contribution in [2.24, 2.45) is 0 Å². The topological polar surface area (TPSA) is 41.1 Å². The highest BCUT2D eigenvalue weighted by Gasteiger charge is 2.05. The van der Waals surface area contributed by atoms with Crippen molar-refractivity contribution in [3.05, 3.63) is 64.7 Å². The van der Waals surface area contributed by atoms with Crippen molar-refractivity contribution in [3.8, 4) is 0 Å². The fraction of sp³-hybridized carbons (Fsp3) is 0.188. The number of carbonyl (C=O) groups is 1. The van der Waals surface area contributed by atoms with Gasteiger partial charge in [0.15, 0.2) is 11.6 Å². The normalized spacial score (nSPS) is 10.3.